The number of rotatable bonds is 13. The average molecular weight is 769 g/mol. The zero-order chi connectivity index (χ0) is 40.2. The first-order valence-electron chi connectivity index (χ1n) is 22.2. The Labute approximate surface area is 345 Å². The smallest absolute Gasteiger partial charge is 0.0656 e. The summed E-state index contributed by atoms with van der Waals surface area (Å²) in [4.78, 5) is 15.5. The Morgan fingerprint density at radius 2 is 1.28 bits per heavy atom. The minimum absolute atomic E-state index is 0.126. The van der Waals surface area contributed by atoms with Gasteiger partial charge in [0.1, 0.15) is 0 Å². The van der Waals surface area contributed by atoms with Crippen LogP contribution in [0.15, 0.2) is 98.1 Å². The molecule has 306 valence electrons. The van der Waals surface area contributed by atoms with Gasteiger partial charge in [-0.2, -0.15) is 0 Å². The summed E-state index contributed by atoms with van der Waals surface area (Å²) in [5.74, 6) is 0.157. The molecule has 4 N–H and O–H groups in total. The topological polar surface area (TPSA) is 84.3 Å². The van der Waals surface area contributed by atoms with E-state index >= 15 is 0 Å². The molecule has 1 fully saturated rings. The number of hydrogen-bond donors (Lipinski definition) is 2. The van der Waals surface area contributed by atoms with Crippen LogP contribution in [0.4, 0.5) is 0 Å². The number of allylic oxidation sites excluding steroid dienone is 1. The van der Waals surface area contributed by atoms with Crippen molar-refractivity contribution in [2.24, 2.45) is 11.5 Å². The predicted molar refractivity (Wildman–Crippen MR) is 243 cm³/mol. The summed E-state index contributed by atoms with van der Waals surface area (Å²) in [6.45, 7) is 18.4. The second-order valence-corrected chi connectivity index (χ2v) is 16.5. The van der Waals surface area contributed by atoms with Crippen LogP contribution in [0.2, 0.25) is 0 Å². The normalized spacial score (nSPS) is 17.8. The first-order chi connectivity index (χ1) is 27.9. The van der Waals surface area contributed by atoms with E-state index in [0.717, 1.165) is 73.7 Å². The summed E-state index contributed by atoms with van der Waals surface area (Å²) in [6, 6.07) is 30.3. The summed E-state index contributed by atoms with van der Waals surface area (Å²) in [6.07, 6.45) is 19.1. The maximum absolute atomic E-state index is 7.01. The molecule has 1 aliphatic heterocycles. The van der Waals surface area contributed by atoms with E-state index in [1.165, 1.54) is 99.6 Å². The standard InChI is InChI=1S/C51H72N6/c1-5-44-26-22-31-49(54-44)50(33-32-42-24-14-16-28-46(42)41(4)51(53)47-29-17-15-25-43(47)38-52)57-36-20-12-8-6-10-18-34-56(35-19-11-7-9-13-21-37-57)39-45-27-23-30-48(55-45)40(2)3/h5,14-17,22-31,41,50-51H,1-2,6-13,18-21,32-39,52-53H2,3-4H3. The molecule has 0 spiro atoms. The number of pyridine rings is 2. The lowest BCUT2D eigenvalue weighted by Gasteiger charge is -2.32. The van der Waals surface area contributed by atoms with Crippen LogP contribution >= 0.6 is 0 Å². The summed E-state index contributed by atoms with van der Waals surface area (Å²) in [7, 11) is 0. The van der Waals surface area contributed by atoms with E-state index in [1.54, 1.807) is 0 Å². The van der Waals surface area contributed by atoms with Crippen LogP contribution in [0.3, 0.4) is 0 Å². The van der Waals surface area contributed by atoms with E-state index in [2.05, 4.69) is 115 Å². The van der Waals surface area contributed by atoms with E-state index in [-0.39, 0.29) is 18.0 Å². The zero-order valence-electron chi connectivity index (χ0n) is 35.4. The highest BCUT2D eigenvalue weighted by Gasteiger charge is 2.25. The first-order valence-corrected chi connectivity index (χ1v) is 22.2. The lowest BCUT2D eigenvalue weighted by molar-refractivity contribution is 0.175. The van der Waals surface area contributed by atoms with Gasteiger partial charge >= 0.3 is 0 Å². The molecule has 57 heavy (non-hydrogen) atoms. The highest BCUT2D eigenvalue weighted by Crippen LogP contribution is 2.35. The molecule has 4 aromatic rings. The van der Waals surface area contributed by atoms with Gasteiger partial charge in [0.2, 0.25) is 0 Å². The SMILES string of the molecule is C=Cc1cccc(C(CCc2ccccc2C(C)C(N)c2ccccc2CN)N2CCCCCCCCN(Cc3cccc(C(=C)C)n3)CCCCCCCC2)n1. The Kier molecular flexibility index (Phi) is 18.7. The maximum Gasteiger partial charge on any atom is 0.0656 e. The Hall–Kier alpha value is -3.94. The predicted octanol–water partition coefficient (Wildman–Crippen LogP) is 11.6. The lowest BCUT2D eigenvalue weighted by Crippen LogP contribution is -2.32. The van der Waals surface area contributed by atoms with Gasteiger partial charge in [-0.05, 0) is 130 Å². The van der Waals surface area contributed by atoms with Gasteiger partial charge in [-0.25, -0.2) is 0 Å². The van der Waals surface area contributed by atoms with Crippen molar-refractivity contribution in [3.05, 3.63) is 143 Å². The molecule has 3 heterocycles. The van der Waals surface area contributed by atoms with Crippen LogP contribution in [0.25, 0.3) is 11.6 Å². The fourth-order valence-corrected chi connectivity index (χ4v) is 8.73. The molecular weight excluding hydrogens is 697 g/mol. The monoisotopic (exact) mass is 769 g/mol. The van der Waals surface area contributed by atoms with E-state index in [0.29, 0.717) is 6.54 Å². The Morgan fingerprint density at radius 3 is 1.91 bits per heavy atom. The van der Waals surface area contributed by atoms with Crippen LogP contribution in [0, 0.1) is 0 Å². The minimum atomic E-state index is -0.126. The number of nitrogens with two attached hydrogens (primary N) is 2. The number of nitrogens with zero attached hydrogens (tertiary/aromatic N) is 4. The molecule has 2 aromatic heterocycles. The number of aromatic nitrogens is 2. The minimum Gasteiger partial charge on any atom is -0.326 e. The second kappa shape index (κ2) is 24.1. The molecule has 3 atom stereocenters. The summed E-state index contributed by atoms with van der Waals surface area (Å²) >= 11 is 0. The van der Waals surface area contributed by atoms with Crippen molar-refractivity contribution in [3.63, 3.8) is 0 Å². The molecule has 1 saturated heterocycles. The third-order valence-corrected chi connectivity index (χ3v) is 12.2. The molecule has 5 rings (SSSR count). The fourth-order valence-electron chi connectivity index (χ4n) is 8.73. The average Bonchev–Trinajstić information content (AvgIpc) is 3.24. The van der Waals surface area contributed by atoms with Crippen molar-refractivity contribution < 1.29 is 0 Å². The second-order valence-electron chi connectivity index (χ2n) is 16.5. The molecule has 0 radical (unpaired) electrons. The number of hydrogen-bond acceptors (Lipinski definition) is 6. The van der Waals surface area contributed by atoms with Crippen molar-refractivity contribution in [2.75, 3.05) is 26.2 Å². The Morgan fingerprint density at radius 1 is 0.702 bits per heavy atom. The molecule has 0 amide bonds. The maximum atomic E-state index is 7.01. The van der Waals surface area contributed by atoms with E-state index in [9.17, 15) is 0 Å². The van der Waals surface area contributed by atoms with Crippen molar-refractivity contribution in [1.82, 2.24) is 19.8 Å². The quantitative estimate of drug-likeness (QED) is 0.141. The van der Waals surface area contributed by atoms with Crippen LogP contribution < -0.4 is 11.5 Å². The van der Waals surface area contributed by atoms with Gasteiger partial charge in [0.15, 0.2) is 0 Å². The van der Waals surface area contributed by atoms with Crippen molar-refractivity contribution in [1.29, 1.82) is 0 Å². The molecule has 0 aliphatic carbocycles. The molecule has 6 nitrogen and oxygen atoms in total. The first kappa shape index (κ1) is 44.2. The largest absolute Gasteiger partial charge is 0.326 e. The van der Waals surface area contributed by atoms with Gasteiger partial charge in [0, 0.05) is 25.0 Å². The molecule has 6 heteroatoms. The van der Waals surface area contributed by atoms with Crippen LogP contribution in [-0.2, 0) is 19.5 Å². The van der Waals surface area contributed by atoms with E-state index in [1.807, 2.05) is 13.0 Å². The van der Waals surface area contributed by atoms with Crippen LogP contribution in [0.5, 0.6) is 0 Å². The van der Waals surface area contributed by atoms with Gasteiger partial charge in [-0.1, -0.05) is 132 Å². The Balaban J connectivity index is 1.25. The van der Waals surface area contributed by atoms with Crippen molar-refractivity contribution in [2.45, 2.75) is 135 Å². The third kappa shape index (κ3) is 13.8. The number of benzene rings is 2. The lowest BCUT2D eigenvalue weighted by atomic mass is 9.83. The highest BCUT2D eigenvalue weighted by atomic mass is 15.2. The fraction of sp³-hybridized carbons (Fsp3) is 0.490. The zero-order valence-corrected chi connectivity index (χ0v) is 35.4. The van der Waals surface area contributed by atoms with Crippen LogP contribution in [-0.4, -0.2) is 45.9 Å². The molecule has 2 aromatic carbocycles. The molecule has 0 bridgehead atoms. The molecule has 3 unspecified atom stereocenters. The number of aryl methyl sites for hydroxylation is 1. The van der Waals surface area contributed by atoms with Crippen molar-refractivity contribution in [3.8, 4) is 0 Å². The van der Waals surface area contributed by atoms with Gasteiger partial charge in [-0.15, -0.1) is 0 Å². The van der Waals surface area contributed by atoms with Crippen molar-refractivity contribution >= 4 is 11.6 Å². The summed E-state index contributed by atoms with van der Waals surface area (Å²) in [5, 5.41) is 0. The highest BCUT2D eigenvalue weighted by molar-refractivity contribution is 5.57. The van der Waals surface area contributed by atoms with E-state index < -0.39 is 0 Å². The van der Waals surface area contributed by atoms with Gasteiger partial charge in [0.25, 0.3) is 0 Å². The van der Waals surface area contributed by atoms with Gasteiger partial charge in [-0.3, -0.25) is 19.8 Å². The molecule has 1 aliphatic rings. The molecule has 0 saturated carbocycles. The van der Waals surface area contributed by atoms with Gasteiger partial charge in [0.05, 0.1) is 28.8 Å². The third-order valence-electron chi connectivity index (χ3n) is 12.2. The summed E-state index contributed by atoms with van der Waals surface area (Å²) < 4.78 is 0. The molecular formula is C51H72N6. The Bertz CT molecular complexity index is 1780. The van der Waals surface area contributed by atoms with E-state index in [4.69, 9.17) is 21.4 Å². The van der Waals surface area contributed by atoms with Gasteiger partial charge < -0.3 is 11.5 Å². The van der Waals surface area contributed by atoms with Crippen LogP contribution in [0.1, 0.15) is 160 Å². The summed E-state index contributed by atoms with van der Waals surface area (Å²) in [5.41, 5.74) is 23.5.